The standard InChI is InChI=1S/C28H30ClN3O3/c1-19-16-23(17-20(2)27(19)29)35-15-7-14-32-25-11-5-4-10-24(25)31-26(32)12-13-30-28(33)21-8-6-9-22(18-21)34-3/h4-6,8-11,16-18H,7,12-15H2,1-3H3,(H,30,33). The number of carbonyl (C=O) groups excluding carboxylic acids is 1. The Morgan fingerprint density at radius 1 is 1.03 bits per heavy atom. The zero-order valence-electron chi connectivity index (χ0n) is 20.3. The predicted octanol–water partition coefficient (Wildman–Crippen LogP) is 5.76. The molecule has 35 heavy (non-hydrogen) atoms. The van der Waals surface area contributed by atoms with E-state index in [2.05, 4.69) is 16.0 Å². The summed E-state index contributed by atoms with van der Waals surface area (Å²) in [5.74, 6) is 2.30. The Hall–Kier alpha value is -3.51. The number of carbonyl (C=O) groups is 1. The quantitative estimate of drug-likeness (QED) is 0.286. The van der Waals surface area contributed by atoms with E-state index in [4.69, 9.17) is 26.1 Å². The van der Waals surface area contributed by atoms with Crippen molar-refractivity contribution >= 4 is 28.5 Å². The number of fused-ring (bicyclic) bond motifs is 1. The molecule has 1 aromatic heterocycles. The van der Waals surface area contributed by atoms with Gasteiger partial charge in [0.2, 0.25) is 0 Å². The topological polar surface area (TPSA) is 65.4 Å². The molecular formula is C28H30ClN3O3. The molecule has 0 saturated carbocycles. The number of amides is 1. The number of nitrogens with one attached hydrogen (secondary N) is 1. The second kappa shape index (κ2) is 11.3. The number of methoxy groups -OCH3 is 1. The number of para-hydroxylation sites is 2. The van der Waals surface area contributed by atoms with Gasteiger partial charge < -0.3 is 19.4 Å². The first-order valence-electron chi connectivity index (χ1n) is 11.7. The summed E-state index contributed by atoms with van der Waals surface area (Å²) in [7, 11) is 1.59. The Labute approximate surface area is 210 Å². The number of benzene rings is 3. The summed E-state index contributed by atoms with van der Waals surface area (Å²) in [4.78, 5) is 17.4. The molecule has 3 aromatic carbocycles. The first-order chi connectivity index (χ1) is 17.0. The van der Waals surface area contributed by atoms with Crippen molar-refractivity contribution < 1.29 is 14.3 Å². The van der Waals surface area contributed by atoms with Crippen molar-refractivity contribution in [2.75, 3.05) is 20.3 Å². The Balaban J connectivity index is 1.38. The van der Waals surface area contributed by atoms with Crippen molar-refractivity contribution in [3.05, 3.63) is 88.2 Å². The lowest BCUT2D eigenvalue weighted by molar-refractivity contribution is 0.0953. The molecule has 0 radical (unpaired) electrons. The lowest BCUT2D eigenvalue weighted by atomic mass is 10.1. The van der Waals surface area contributed by atoms with Crippen LogP contribution in [0.15, 0.2) is 60.7 Å². The molecule has 0 saturated heterocycles. The third kappa shape index (κ3) is 5.95. The van der Waals surface area contributed by atoms with Gasteiger partial charge in [0.25, 0.3) is 5.91 Å². The highest BCUT2D eigenvalue weighted by molar-refractivity contribution is 6.32. The lowest BCUT2D eigenvalue weighted by Gasteiger charge is -2.12. The van der Waals surface area contributed by atoms with Gasteiger partial charge in [0.05, 0.1) is 24.8 Å². The molecule has 0 bridgehead atoms. The molecule has 4 aromatic rings. The zero-order valence-corrected chi connectivity index (χ0v) is 21.1. The van der Waals surface area contributed by atoms with Crippen LogP contribution in [-0.4, -0.2) is 35.7 Å². The second-order valence-electron chi connectivity index (χ2n) is 8.48. The number of nitrogens with zero attached hydrogens (tertiary/aromatic N) is 2. The van der Waals surface area contributed by atoms with Gasteiger partial charge in [-0.1, -0.05) is 29.8 Å². The molecule has 4 rings (SSSR count). The maximum atomic E-state index is 12.6. The highest BCUT2D eigenvalue weighted by Crippen LogP contribution is 2.26. The third-order valence-electron chi connectivity index (χ3n) is 5.90. The molecule has 0 atom stereocenters. The second-order valence-corrected chi connectivity index (χ2v) is 8.86. The highest BCUT2D eigenvalue weighted by Gasteiger charge is 2.12. The SMILES string of the molecule is COc1cccc(C(=O)NCCc2nc3ccccc3n2CCCOc2cc(C)c(Cl)c(C)c2)c1. The van der Waals surface area contributed by atoms with Gasteiger partial charge in [-0.25, -0.2) is 4.98 Å². The van der Waals surface area contributed by atoms with E-state index in [0.717, 1.165) is 51.7 Å². The van der Waals surface area contributed by atoms with Crippen LogP contribution in [0.25, 0.3) is 11.0 Å². The molecule has 1 heterocycles. The summed E-state index contributed by atoms with van der Waals surface area (Å²) in [6, 6.07) is 19.2. The Morgan fingerprint density at radius 2 is 1.80 bits per heavy atom. The van der Waals surface area contributed by atoms with Crippen LogP contribution in [0.2, 0.25) is 5.02 Å². The molecule has 6 nitrogen and oxygen atoms in total. The first kappa shape index (κ1) is 24.6. The van der Waals surface area contributed by atoms with Crippen LogP contribution in [0.5, 0.6) is 11.5 Å². The van der Waals surface area contributed by atoms with Crippen LogP contribution >= 0.6 is 11.6 Å². The van der Waals surface area contributed by atoms with Crippen LogP contribution in [0.4, 0.5) is 0 Å². The number of aryl methyl sites for hydroxylation is 3. The van der Waals surface area contributed by atoms with E-state index in [-0.39, 0.29) is 5.91 Å². The number of imidazole rings is 1. The molecule has 7 heteroatoms. The number of ether oxygens (including phenoxy) is 2. The maximum absolute atomic E-state index is 12.6. The van der Waals surface area contributed by atoms with E-state index in [0.29, 0.717) is 30.9 Å². The van der Waals surface area contributed by atoms with Gasteiger partial charge in [-0.2, -0.15) is 0 Å². The fourth-order valence-corrected chi connectivity index (χ4v) is 4.23. The predicted molar refractivity (Wildman–Crippen MR) is 140 cm³/mol. The molecule has 0 aliphatic heterocycles. The van der Waals surface area contributed by atoms with Crippen molar-refractivity contribution in [3.63, 3.8) is 0 Å². The Morgan fingerprint density at radius 3 is 2.57 bits per heavy atom. The van der Waals surface area contributed by atoms with E-state index in [1.807, 2.05) is 56.3 Å². The fourth-order valence-electron chi connectivity index (χ4n) is 4.12. The minimum atomic E-state index is -0.131. The molecule has 182 valence electrons. The highest BCUT2D eigenvalue weighted by atomic mass is 35.5. The minimum absolute atomic E-state index is 0.131. The Bertz CT molecular complexity index is 1310. The molecule has 0 aliphatic carbocycles. The lowest BCUT2D eigenvalue weighted by Crippen LogP contribution is -2.26. The molecular weight excluding hydrogens is 462 g/mol. The maximum Gasteiger partial charge on any atom is 0.251 e. The zero-order chi connectivity index (χ0) is 24.8. The number of hydrogen-bond donors (Lipinski definition) is 1. The average Bonchev–Trinajstić information content (AvgIpc) is 3.22. The van der Waals surface area contributed by atoms with Crippen molar-refractivity contribution in [1.29, 1.82) is 0 Å². The van der Waals surface area contributed by atoms with Crippen molar-refractivity contribution in [2.45, 2.75) is 33.2 Å². The van der Waals surface area contributed by atoms with E-state index >= 15 is 0 Å². The number of halogens is 1. The van der Waals surface area contributed by atoms with E-state index < -0.39 is 0 Å². The van der Waals surface area contributed by atoms with Gasteiger partial charge in [0, 0.05) is 30.1 Å². The van der Waals surface area contributed by atoms with E-state index in [1.165, 1.54) is 0 Å². The Kier molecular flexibility index (Phi) is 7.93. The van der Waals surface area contributed by atoms with Gasteiger partial charge in [-0.15, -0.1) is 0 Å². The van der Waals surface area contributed by atoms with E-state index in [1.54, 1.807) is 19.2 Å². The number of hydrogen-bond acceptors (Lipinski definition) is 4. The largest absolute Gasteiger partial charge is 0.497 e. The van der Waals surface area contributed by atoms with Crippen LogP contribution in [0.3, 0.4) is 0 Å². The van der Waals surface area contributed by atoms with Crippen LogP contribution < -0.4 is 14.8 Å². The monoisotopic (exact) mass is 491 g/mol. The summed E-state index contributed by atoms with van der Waals surface area (Å²) < 4.78 is 13.4. The van der Waals surface area contributed by atoms with Gasteiger partial charge in [-0.3, -0.25) is 4.79 Å². The summed E-state index contributed by atoms with van der Waals surface area (Å²) >= 11 is 6.26. The molecule has 0 fully saturated rings. The molecule has 0 unspecified atom stereocenters. The normalized spacial score (nSPS) is 11.0. The summed E-state index contributed by atoms with van der Waals surface area (Å²) in [5, 5.41) is 3.77. The van der Waals surface area contributed by atoms with Gasteiger partial charge in [0.15, 0.2) is 0 Å². The number of rotatable bonds is 10. The van der Waals surface area contributed by atoms with Gasteiger partial charge in [-0.05, 0) is 73.9 Å². The average molecular weight is 492 g/mol. The minimum Gasteiger partial charge on any atom is -0.497 e. The first-order valence-corrected chi connectivity index (χ1v) is 12.1. The van der Waals surface area contributed by atoms with Crippen LogP contribution in [-0.2, 0) is 13.0 Å². The van der Waals surface area contributed by atoms with Crippen molar-refractivity contribution in [2.24, 2.45) is 0 Å². The molecule has 0 aliphatic rings. The fraction of sp³-hybridized carbons (Fsp3) is 0.286. The van der Waals surface area contributed by atoms with Crippen molar-refractivity contribution in [1.82, 2.24) is 14.9 Å². The van der Waals surface area contributed by atoms with Gasteiger partial charge >= 0.3 is 0 Å². The summed E-state index contributed by atoms with van der Waals surface area (Å²) in [6.45, 7) is 5.81. The summed E-state index contributed by atoms with van der Waals surface area (Å²) in [5.41, 5.74) is 4.63. The number of aromatic nitrogens is 2. The summed E-state index contributed by atoms with van der Waals surface area (Å²) in [6.07, 6.45) is 1.45. The van der Waals surface area contributed by atoms with Crippen molar-refractivity contribution in [3.8, 4) is 11.5 Å². The smallest absolute Gasteiger partial charge is 0.251 e. The third-order valence-corrected chi connectivity index (χ3v) is 6.50. The molecule has 0 spiro atoms. The van der Waals surface area contributed by atoms with E-state index in [9.17, 15) is 4.79 Å². The van der Waals surface area contributed by atoms with Crippen LogP contribution in [0, 0.1) is 13.8 Å². The van der Waals surface area contributed by atoms with Crippen LogP contribution in [0.1, 0.15) is 33.7 Å². The molecule has 1 N–H and O–H groups in total. The van der Waals surface area contributed by atoms with Gasteiger partial charge in [0.1, 0.15) is 17.3 Å². The molecule has 1 amide bonds.